The van der Waals surface area contributed by atoms with Crippen molar-refractivity contribution in [3.63, 3.8) is 0 Å². The zero-order valence-electron chi connectivity index (χ0n) is 11.0. The summed E-state index contributed by atoms with van der Waals surface area (Å²) in [6.45, 7) is 6.24. The molecule has 1 unspecified atom stereocenters. The van der Waals surface area contributed by atoms with Gasteiger partial charge in [0.05, 0.1) is 6.10 Å². The number of hydrogen-bond donors (Lipinski definition) is 2. The summed E-state index contributed by atoms with van der Waals surface area (Å²) in [4.78, 5) is 11.8. The van der Waals surface area contributed by atoms with Gasteiger partial charge in [-0.3, -0.25) is 4.79 Å². The van der Waals surface area contributed by atoms with Gasteiger partial charge in [0.25, 0.3) is 5.91 Å². The van der Waals surface area contributed by atoms with E-state index in [4.69, 9.17) is 11.6 Å². The molecule has 1 aromatic rings. The van der Waals surface area contributed by atoms with Crippen molar-refractivity contribution in [3.05, 3.63) is 34.3 Å². The molecule has 1 aromatic carbocycles. The van der Waals surface area contributed by atoms with Crippen LogP contribution in [-0.2, 0) is 0 Å². The van der Waals surface area contributed by atoms with Gasteiger partial charge in [0.2, 0.25) is 0 Å². The van der Waals surface area contributed by atoms with Crippen molar-refractivity contribution in [2.24, 2.45) is 5.92 Å². The van der Waals surface area contributed by atoms with Crippen LogP contribution in [0.4, 0.5) is 0 Å². The summed E-state index contributed by atoms with van der Waals surface area (Å²) in [5.41, 5.74) is 1.47. The van der Waals surface area contributed by atoms with Gasteiger partial charge in [0, 0.05) is 17.1 Å². The highest BCUT2D eigenvalue weighted by molar-refractivity contribution is 6.31. The Morgan fingerprint density at radius 2 is 2.11 bits per heavy atom. The van der Waals surface area contributed by atoms with Crippen molar-refractivity contribution < 1.29 is 9.90 Å². The normalized spacial score (nSPS) is 12.6. The third-order valence-electron chi connectivity index (χ3n) is 2.92. The molecule has 0 radical (unpaired) electrons. The van der Waals surface area contributed by atoms with Gasteiger partial charge in [-0.1, -0.05) is 25.4 Å². The summed E-state index contributed by atoms with van der Waals surface area (Å²) in [7, 11) is 0. The van der Waals surface area contributed by atoms with Gasteiger partial charge in [-0.2, -0.15) is 0 Å². The standard InChI is InChI=1S/C14H20ClNO2/c1-9(2)13(17)6-7-16-14(18)11-4-5-12(15)10(3)8-11/h4-5,8-9,13,17H,6-7H2,1-3H3,(H,16,18). The van der Waals surface area contributed by atoms with Crippen LogP contribution in [0.1, 0.15) is 36.2 Å². The Morgan fingerprint density at radius 1 is 1.44 bits per heavy atom. The van der Waals surface area contributed by atoms with E-state index in [2.05, 4.69) is 5.32 Å². The molecule has 0 aliphatic heterocycles. The lowest BCUT2D eigenvalue weighted by molar-refractivity contribution is 0.0920. The van der Waals surface area contributed by atoms with Crippen LogP contribution in [0, 0.1) is 12.8 Å². The molecule has 2 N–H and O–H groups in total. The van der Waals surface area contributed by atoms with E-state index < -0.39 is 0 Å². The molecule has 1 amide bonds. The van der Waals surface area contributed by atoms with Crippen molar-refractivity contribution >= 4 is 17.5 Å². The zero-order chi connectivity index (χ0) is 13.7. The summed E-state index contributed by atoms with van der Waals surface area (Å²) >= 11 is 5.90. The molecule has 0 aliphatic carbocycles. The van der Waals surface area contributed by atoms with Gasteiger partial charge in [0.1, 0.15) is 0 Å². The fourth-order valence-corrected chi connectivity index (χ4v) is 1.67. The number of nitrogens with one attached hydrogen (secondary N) is 1. The number of aliphatic hydroxyl groups is 1. The van der Waals surface area contributed by atoms with E-state index in [9.17, 15) is 9.90 Å². The predicted molar refractivity (Wildman–Crippen MR) is 74.0 cm³/mol. The van der Waals surface area contributed by atoms with Crippen LogP contribution >= 0.6 is 11.6 Å². The van der Waals surface area contributed by atoms with E-state index in [0.29, 0.717) is 23.6 Å². The Kier molecular flexibility index (Phi) is 5.63. The maximum absolute atomic E-state index is 11.8. The molecule has 0 fully saturated rings. The molecule has 4 heteroatoms. The Balaban J connectivity index is 2.48. The molecule has 0 saturated carbocycles. The van der Waals surface area contributed by atoms with Gasteiger partial charge in [-0.05, 0) is 43.0 Å². The second-order valence-corrected chi connectivity index (χ2v) is 5.23. The summed E-state index contributed by atoms with van der Waals surface area (Å²) < 4.78 is 0. The first-order valence-electron chi connectivity index (χ1n) is 6.14. The van der Waals surface area contributed by atoms with Crippen molar-refractivity contribution in [2.45, 2.75) is 33.3 Å². The van der Waals surface area contributed by atoms with E-state index in [1.165, 1.54) is 0 Å². The van der Waals surface area contributed by atoms with E-state index in [1.807, 2.05) is 20.8 Å². The van der Waals surface area contributed by atoms with Crippen molar-refractivity contribution in [1.29, 1.82) is 0 Å². The molecule has 100 valence electrons. The highest BCUT2D eigenvalue weighted by atomic mass is 35.5. The van der Waals surface area contributed by atoms with Gasteiger partial charge >= 0.3 is 0 Å². The number of aliphatic hydroxyl groups excluding tert-OH is 1. The van der Waals surface area contributed by atoms with Crippen LogP contribution in [0.5, 0.6) is 0 Å². The predicted octanol–water partition coefficient (Wildman–Crippen LogP) is 2.79. The third-order valence-corrected chi connectivity index (χ3v) is 3.34. The summed E-state index contributed by atoms with van der Waals surface area (Å²) in [6, 6.07) is 5.18. The number of hydrogen-bond acceptors (Lipinski definition) is 2. The minimum absolute atomic E-state index is 0.134. The second-order valence-electron chi connectivity index (χ2n) is 4.82. The SMILES string of the molecule is Cc1cc(C(=O)NCCC(O)C(C)C)ccc1Cl. The number of benzene rings is 1. The third kappa shape index (κ3) is 4.31. The van der Waals surface area contributed by atoms with Crippen LogP contribution in [0.25, 0.3) is 0 Å². The monoisotopic (exact) mass is 269 g/mol. The average molecular weight is 270 g/mol. The van der Waals surface area contributed by atoms with E-state index in [-0.39, 0.29) is 17.9 Å². The fourth-order valence-electron chi connectivity index (χ4n) is 1.55. The highest BCUT2D eigenvalue weighted by Crippen LogP contribution is 2.16. The quantitative estimate of drug-likeness (QED) is 0.864. The number of rotatable bonds is 5. The molecule has 0 saturated heterocycles. The summed E-state index contributed by atoms with van der Waals surface area (Å²) in [5, 5.41) is 13.1. The summed E-state index contributed by atoms with van der Waals surface area (Å²) in [5.74, 6) is 0.0744. The number of carbonyl (C=O) groups is 1. The van der Waals surface area contributed by atoms with Crippen LogP contribution in [0.2, 0.25) is 5.02 Å². The topological polar surface area (TPSA) is 49.3 Å². The Labute approximate surface area is 113 Å². The molecule has 0 aromatic heterocycles. The van der Waals surface area contributed by atoms with Crippen molar-refractivity contribution in [2.75, 3.05) is 6.54 Å². The average Bonchev–Trinajstić information content (AvgIpc) is 2.32. The van der Waals surface area contributed by atoms with E-state index >= 15 is 0 Å². The molecule has 1 rings (SSSR count). The lowest BCUT2D eigenvalue weighted by atomic mass is 10.0. The zero-order valence-corrected chi connectivity index (χ0v) is 11.8. The molecule has 0 bridgehead atoms. The van der Waals surface area contributed by atoms with Crippen LogP contribution in [-0.4, -0.2) is 23.7 Å². The maximum atomic E-state index is 11.8. The molecule has 0 aliphatic rings. The number of aryl methyl sites for hydroxylation is 1. The minimum atomic E-state index is -0.378. The first kappa shape index (κ1) is 15.0. The fraction of sp³-hybridized carbons (Fsp3) is 0.500. The van der Waals surface area contributed by atoms with Crippen LogP contribution < -0.4 is 5.32 Å². The molecule has 3 nitrogen and oxygen atoms in total. The largest absolute Gasteiger partial charge is 0.393 e. The molecule has 18 heavy (non-hydrogen) atoms. The van der Waals surface area contributed by atoms with Gasteiger partial charge in [-0.15, -0.1) is 0 Å². The Hall–Kier alpha value is -1.06. The molecular weight excluding hydrogens is 250 g/mol. The Bertz CT molecular complexity index is 418. The lowest BCUT2D eigenvalue weighted by Crippen LogP contribution is -2.28. The lowest BCUT2D eigenvalue weighted by Gasteiger charge is -2.14. The summed E-state index contributed by atoms with van der Waals surface area (Å²) in [6.07, 6.45) is 0.188. The number of carbonyl (C=O) groups excluding carboxylic acids is 1. The number of halogens is 1. The number of amides is 1. The molecular formula is C14H20ClNO2. The highest BCUT2D eigenvalue weighted by Gasteiger charge is 2.10. The minimum Gasteiger partial charge on any atom is -0.393 e. The van der Waals surface area contributed by atoms with Gasteiger partial charge in [0.15, 0.2) is 0 Å². The van der Waals surface area contributed by atoms with Crippen LogP contribution in [0.3, 0.4) is 0 Å². The van der Waals surface area contributed by atoms with Crippen molar-refractivity contribution in [1.82, 2.24) is 5.32 Å². The molecule has 1 atom stereocenters. The first-order valence-corrected chi connectivity index (χ1v) is 6.52. The maximum Gasteiger partial charge on any atom is 0.251 e. The second kappa shape index (κ2) is 6.76. The van der Waals surface area contributed by atoms with E-state index in [1.54, 1.807) is 18.2 Å². The van der Waals surface area contributed by atoms with Gasteiger partial charge in [-0.25, -0.2) is 0 Å². The molecule has 0 spiro atoms. The smallest absolute Gasteiger partial charge is 0.251 e. The first-order chi connectivity index (χ1) is 8.41. The van der Waals surface area contributed by atoms with Crippen molar-refractivity contribution in [3.8, 4) is 0 Å². The molecule has 0 heterocycles. The van der Waals surface area contributed by atoms with E-state index in [0.717, 1.165) is 5.56 Å². The Morgan fingerprint density at radius 3 is 2.67 bits per heavy atom. The van der Waals surface area contributed by atoms with Crippen LogP contribution in [0.15, 0.2) is 18.2 Å². The van der Waals surface area contributed by atoms with Gasteiger partial charge < -0.3 is 10.4 Å².